The Morgan fingerprint density at radius 2 is 1.97 bits per heavy atom. The van der Waals surface area contributed by atoms with E-state index in [1.165, 1.54) is 6.20 Å². The number of carbonyl (C=O) groups is 3. The highest BCUT2D eigenvalue weighted by Crippen LogP contribution is 2.32. The van der Waals surface area contributed by atoms with E-state index in [9.17, 15) is 27.6 Å². The van der Waals surface area contributed by atoms with Crippen LogP contribution in [0.3, 0.4) is 0 Å². The van der Waals surface area contributed by atoms with Gasteiger partial charge in [0.25, 0.3) is 5.91 Å². The largest absolute Gasteiger partial charge is 0.425 e. The van der Waals surface area contributed by atoms with Crippen LogP contribution in [0.5, 0.6) is 0 Å². The van der Waals surface area contributed by atoms with Gasteiger partial charge in [0.1, 0.15) is 18.4 Å². The molecule has 1 aromatic heterocycles. The van der Waals surface area contributed by atoms with Crippen LogP contribution in [-0.2, 0) is 20.7 Å². The van der Waals surface area contributed by atoms with Crippen LogP contribution in [0.25, 0.3) is 0 Å². The lowest BCUT2D eigenvalue weighted by molar-refractivity contribution is -0.130. The zero-order valence-electron chi connectivity index (χ0n) is 17.6. The molecule has 1 aliphatic heterocycles. The maximum Gasteiger partial charge on any atom is 0.409 e. The molecule has 3 amide bonds. The van der Waals surface area contributed by atoms with Gasteiger partial charge in [-0.3, -0.25) is 14.5 Å². The molecular weight excluding hydrogens is 419 g/mol. The molecule has 2 heterocycles. The van der Waals surface area contributed by atoms with Crippen molar-refractivity contribution in [2.24, 2.45) is 5.92 Å². The second-order valence-corrected chi connectivity index (χ2v) is 7.47. The van der Waals surface area contributed by atoms with Crippen LogP contribution < -0.4 is 20.9 Å². The lowest BCUT2D eigenvalue weighted by Gasteiger charge is -2.31. The van der Waals surface area contributed by atoms with E-state index in [1.54, 1.807) is 45.3 Å². The van der Waals surface area contributed by atoms with E-state index in [0.717, 1.165) is 4.90 Å². The van der Waals surface area contributed by atoms with E-state index in [4.69, 9.17) is 4.74 Å². The van der Waals surface area contributed by atoms with Crippen molar-refractivity contribution in [1.82, 2.24) is 20.9 Å². The van der Waals surface area contributed by atoms with E-state index < -0.39 is 48.9 Å². The summed E-state index contributed by atoms with van der Waals surface area (Å²) in [7, 11) is 1.60. The molecule has 1 aromatic rings. The summed E-state index contributed by atoms with van der Waals surface area (Å²) < 4.78 is 42.2. The molecule has 31 heavy (non-hydrogen) atoms. The number of likely N-dealkylation sites (N-methyl/N-ethyl adjacent to an activating group) is 1. The molecule has 0 radical (unpaired) electrons. The number of rotatable bonds is 7. The van der Waals surface area contributed by atoms with Crippen molar-refractivity contribution in [3.63, 3.8) is 0 Å². The summed E-state index contributed by atoms with van der Waals surface area (Å²) in [5.74, 6) is -1.09. The molecule has 0 fully saturated rings. The lowest BCUT2D eigenvalue weighted by Crippen LogP contribution is -2.57. The highest BCUT2D eigenvalue weighted by molar-refractivity contribution is 6.01. The number of aromatic nitrogens is 1. The van der Waals surface area contributed by atoms with Gasteiger partial charge in [0.2, 0.25) is 5.91 Å². The minimum absolute atomic E-state index is 0.0556. The summed E-state index contributed by atoms with van der Waals surface area (Å²) >= 11 is 0. The summed E-state index contributed by atoms with van der Waals surface area (Å²) in [4.78, 5) is 42.9. The second kappa shape index (κ2) is 9.94. The molecule has 2 rings (SSSR count). The second-order valence-electron chi connectivity index (χ2n) is 7.47. The smallest absolute Gasteiger partial charge is 0.409 e. The van der Waals surface area contributed by atoms with Crippen molar-refractivity contribution < 1.29 is 32.3 Å². The molecule has 0 spiro atoms. The quantitative estimate of drug-likeness (QED) is 0.584. The maximum absolute atomic E-state index is 13.4. The van der Waals surface area contributed by atoms with E-state index in [2.05, 4.69) is 15.6 Å². The van der Waals surface area contributed by atoms with Gasteiger partial charge in [0, 0.05) is 18.2 Å². The fourth-order valence-corrected chi connectivity index (χ4v) is 2.97. The van der Waals surface area contributed by atoms with Crippen molar-refractivity contribution in [2.45, 2.75) is 51.7 Å². The lowest BCUT2D eigenvalue weighted by atomic mass is 10.0. The van der Waals surface area contributed by atoms with Crippen molar-refractivity contribution in [3.8, 4) is 0 Å². The minimum Gasteiger partial charge on any atom is -0.425 e. The summed E-state index contributed by atoms with van der Waals surface area (Å²) in [6, 6.07) is 1.77. The molecule has 172 valence electrons. The van der Waals surface area contributed by atoms with Gasteiger partial charge in [-0.25, -0.2) is 9.78 Å². The number of amides is 3. The van der Waals surface area contributed by atoms with E-state index in [0.29, 0.717) is 5.56 Å². The fraction of sp³-hybridized carbons (Fsp3) is 0.579. The molecule has 9 nitrogen and oxygen atoms in total. The number of alkyl carbamates (subject to hydrolysis) is 1. The molecule has 0 aromatic carbocycles. The Morgan fingerprint density at radius 1 is 1.29 bits per heavy atom. The number of carbonyl (C=O) groups excluding carboxylic acids is 3. The first-order valence-electron chi connectivity index (χ1n) is 9.70. The molecule has 0 aliphatic carbocycles. The van der Waals surface area contributed by atoms with E-state index in [-0.39, 0.29) is 18.2 Å². The normalized spacial score (nSPS) is 17.7. The van der Waals surface area contributed by atoms with Crippen LogP contribution >= 0.6 is 0 Å². The molecule has 3 atom stereocenters. The number of pyridine rings is 1. The third kappa shape index (κ3) is 6.29. The van der Waals surface area contributed by atoms with Crippen LogP contribution in [-0.4, -0.2) is 61.0 Å². The number of anilines is 1. The summed E-state index contributed by atoms with van der Waals surface area (Å²) in [6.45, 7) is 3.52. The van der Waals surface area contributed by atoms with Gasteiger partial charge in [-0.1, -0.05) is 19.9 Å². The standard InChI is InChI=1S/C19H26F3N5O4/c1-10(2)14(26-16(28)11(3)23-4)17(29)27-13(8-12-6-5-7-24-15(12)27)31-18(30)25-9-19(20,21)22/h5-7,10-11,13-14,23H,8-9H2,1-4H3,(H,25,30)(H,26,28)/t11-,13-,14-/m0/s1. The van der Waals surface area contributed by atoms with Crippen LogP contribution in [0.1, 0.15) is 26.3 Å². The Labute approximate surface area is 177 Å². The van der Waals surface area contributed by atoms with Gasteiger partial charge in [-0.15, -0.1) is 0 Å². The fourth-order valence-electron chi connectivity index (χ4n) is 2.97. The molecule has 0 unspecified atom stereocenters. The monoisotopic (exact) mass is 445 g/mol. The first-order valence-corrected chi connectivity index (χ1v) is 9.70. The molecule has 1 aliphatic rings. The van der Waals surface area contributed by atoms with Crippen molar-refractivity contribution >= 4 is 23.7 Å². The number of alkyl halides is 3. The molecule has 3 N–H and O–H groups in total. The number of hydrogen-bond donors (Lipinski definition) is 3. The molecule has 12 heteroatoms. The Balaban J connectivity index is 2.25. The average molecular weight is 445 g/mol. The summed E-state index contributed by atoms with van der Waals surface area (Å²) in [6.07, 6.45) is -5.63. The summed E-state index contributed by atoms with van der Waals surface area (Å²) in [5, 5.41) is 7.06. The first-order chi connectivity index (χ1) is 14.4. The topological polar surface area (TPSA) is 113 Å². The van der Waals surface area contributed by atoms with E-state index in [1.807, 2.05) is 0 Å². The molecule has 0 bridgehead atoms. The van der Waals surface area contributed by atoms with Crippen molar-refractivity contribution in [2.75, 3.05) is 18.5 Å². The Hall–Kier alpha value is -2.89. The van der Waals surface area contributed by atoms with Crippen LogP contribution in [0.2, 0.25) is 0 Å². The zero-order chi connectivity index (χ0) is 23.3. The third-order valence-electron chi connectivity index (χ3n) is 4.75. The van der Waals surface area contributed by atoms with E-state index >= 15 is 0 Å². The molecule has 0 saturated carbocycles. The number of ether oxygens (including phenoxy) is 1. The third-order valence-corrected chi connectivity index (χ3v) is 4.75. The highest BCUT2D eigenvalue weighted by Gasteiger charge is 2.42. The van der Waals surface area contributed by atoms with Gasteiger partial charge < -0.3 is 20.7 Å². The van der Waals surface area contributed by atoms with Crippen molar-refractivity contribution in [1.29, 1.82) is 0 Å². The number of fused-ring (bicyclic) bond motifs is 1. The SMILES string of the molecule is CN[C@@H](C)C(=O)N[C@H](C(=O)N1c2ncccc2C[C@@H]1OC(=O)NCC(F)(F)F)C(C)C. The predicted molar refractivity (Wildman–Crippen MR) is 105 cm³/mol. The number of nitrogens with one attached hydrogen (secondary N) is 3. The van der Waals surface area contributed by atoms with Crippen LogP contribution in [0, 0.1) is 5.92 Å². The summed E-state index contributed by atoms with van der Waals surface area (Å²) in [5.41, 5.74) is 0.585. The van der Waals surface area contributed by atoms with Gasteiger partial charge in [0.05, 0.1) is 6.04 Å². The van der Waals surface area contributed by atoms with Gasteiger partial charge >= 0.3 is 12.3 Å². The zero-order valence-corrected chi connectivity index (χ0v) is 17.6. The minimum atomic E-state index is -4.61. The maximum atomic E-state index is 13.4. The Bertz CT molecular complexity index is 818. The Morgan fingerprint density at radius 3 is 2.55 bits per heavy atom. The van der Waals surface area contributed by atoms with Gasteiger partial charge in [0.15, 0.2) is 6.23 Å². The number of nitrogens with zero attached hydrogens (tertiary/aromatic N) is 2. The predicted octanol–water partition coefficient (Wildman–Crippen LogP) is 1.33. The number of hydrogen-bond acceptors (Lipinski definition) is 6. The molecule has 0 saturated heterocycles. The first kappa shape index (κ1) is 24.4. The van der Waals surface area contributed by atoms with Gasteiger partial charge in [-0.05, 0) is 26.0 Å². The van der Waals surface area contributed by atoms with Crippen molar-refractivity contribution in [3.05, 3.63) is 23.9 Å². The Kier molecular flexibility index (Phi) is 7.82. The number of halogens is 3. The van der Waals surface area contributed by atoms with Gasteiger partial charge in [-0.2, -0.15) is 13.2 Å². The van der Waals surface area contributed by atoms with Crippen LogP contribution in [0.15, 0.2) is 18.3 Å². The highest BCUT2D eigenvalue weighted by atomic mass is 19.4. The van der Waals surface area contributed by atoms with Crippen LogP contribution in [0.4, 0.5) is 23.8 Å². The average Bonchev–Trinajstić information content (AvgIpc) is 3.06. The molecular formula is C19H26F3N5O4.